The molecule has 4 nitrogen and oxygen atoms in total. The van der Waals surface area contributed by atoms with Crippen LogP contribution in [-0.2, 0) is 20.7 Å². The Labute approximate surface area is 130 Å². The molecule has 0 fully saturated rings. The van der Waals surface area contributed by atoms with Gasteiger partial charge < -0.3 is 9.64 Å². The zero-order valence-electron chi connectivity index (χ0n) is 12.6. The van der Waals surface area contributed by atoms with Crippen LogP contribution in [0.2, 0.25) is 0 Å². The number of carbonyl (C=O) groups is 2. The van der Waals surface area contributed by atoms with Crippen LogP contribution in [0.5, 0.6) is 0 Å². The molecule has 0 radical (unpaired) electrons. The maximum Gasteiger partial charge on any atom is 0.329 e. The molecule has 2 rings (SSSR count). The molecular formula is C16H21NO3S. The molecule has 1 aliphatic heterocycles. The Morgan fingerprint density at radius 3 is 2.62 bits per heavy atom. The summed E-state index contributed by atoms with van der Waals surface area (Å²) >= 11 is 3.81. The minimum atomic E-state index is -0.517. The van der Waals surface area contributed by atoms with Crippen molar-refractivity contribution < 1.29 is 14.3 Å². The molecule has 1 unspecified atom stereocenters. The molecule has 1 aromatic carbocycles. The quantitative estimate of drug-likeness (QED) is 0.686. The SMILES string of the molecule is CC(C)(C)OC(=O)C1Cc2ccccc2N1CCC(=O)S. The molecule has 0 amide bonds. The van der Waals surface area contributed by atoms with Gasteiger partial charge in [0.05, 0.1) is 0 Å². The number of anilines is 1. The fourth-order valence-corrected chi connectivity index (χ4v) is 2.62. The molecule has 114 valence electrons. The molecular weight excluding hydrogens is 286 g/mol. The van der Waals surface area contributed by atoms with Crippen molar-refractivity contribution in [3.63, 3.8) is 0 Å². The van der Waals surface area contributed by atoms with Gasteiger partial charge in [-0.2, -0.15) is 0 Å². The highest BCUT2D eigenvalue weighted by molar-refractivity contribution is 7.96. The fraction of sp³-hybridized carbons (Fsp3) is 0.500. The van der Waals surface area contributed by atoms with Gasteiger partial charge in [-0.15, -0.1) is 12.6 Å². The number of rotatable bonds is 4. The van der Waals surface area contributed by atoms with Gasteiger partial charge in [-0.05, 0) is 32.4 Å². The number of nitrogens with zero attached hydrogens (tertiary/aromatic N) is 1. The molecule has 0 aliphatic carbocycles. The summed E-state index contributed by atoms with van der Waals surface area (Å²) < 4.78 is 5.51. The van der Waals surface area contributed by atoms with E-state index >= 15 is 0 Å². The van der Waals surface area contributed by atoms with Gasteiger partial charge in [0.2, 0.25) is 0 Å². The first-order valence-corrected chi connectivity index (χ1v) is 7.52. The van der Waals surface area contributed by atoms with E-state index in [9.17, 15) is 9.59 Å². The van der Waals surface area contributed by atoms with Crippen LogP contribution in [0, 0.1) is 0 Å². The monoisotopic (exact) mass is 307 g/mol. The molecule has 0 saturated carbocycles. The van der Waals surface area contributed by atoms with Crippen molar-refractivity contribution in [1.82, 2.24) is 0 Å². The Morgan fingerprint density at radius 2 is 2.00 bits per heavy atom. The van der Waals surface area contributed by atoms with Crippen LogP contribution in [0.4, 0.5) is 5.69 Å². The summed E-state index contributed by atoms with van der Waals surface area (Å²) in [4.78, 5) is 25.5. The Balaban J connectivity index is 2.20. The van der Waals surface area contributed by atoms with Gasteiger partial charge in [0.25, 0.3) is 0 Å². The number of esters is 1. The van der Waals surface area contributed by atoms with E-state index in [0.717, 1.165) is 11.3 Å². The minimum Gasteiger partial charge on any atom is -0.458 e. The lowest BCUT2D eigenvalue weighted by molar-refractivity contribution is -0.156. The second-order valence-corrected chi connectivity index (χ2v) is 6.72. The summed E-state index contributed by atoms with van der Waals surface area (Å²) in [7, 11) is 0. The number of fused-ring (bicyclic) bond motifs is 1. The maximum atomic E-state index is 12.4. The van der Waals surface area contributed by atoms with Gasteiger partial charge in [-0.25, -0.2) is 4.79 Å². The Hall–Kier alpha value is -1.49. The number of hydrogen-bond acceptors (Lipinski definition) is 4. The summed E-state index contributed by atoms with van der Waals surface area (Å²) in [6.45, 7) is 6.04. The molecule has 0 N–H and O–H groups in total. The third-order valence-corrected chi connectivity index (χ3v) is 3.56. The number of hydrogen-bond donors (Lipinski definition) is 1. The van der Waals surface area contributed by atoms with Crippen molar-refractivity contribution >= 4 is 29.4 Å². The average molecular weight is 307 g/mol. The number of carbonyl (C=O) groups excluding carboxylic acids is 2. The molecule has 1 atom stereocenters. The van der Waals surface area contributed by atoms with E-state index in [-0.39, 0.29) is 17.1 Å². The third-order valence-electron chi connectivity index (χ3n) is 3.34. The highest BCUT2D eigenvalue weighted by atomic mass is 32.1. The zero-order valence-corrected chi connectivity index (χ0v) is 13.5. The lowest BCUT2D eigenvalue weighted by Crippen LogP contribution is -2.43. The summed E-state index contributed by atoms with van der Waals surface area (Å²) in [5, 5.41) is -0.178. The lowest BCUT2D eigenvalue weighted by Gasteiger charge is -2.29. The zero-order chi connectivity index (χ0) is 15.6. The van der Waals surface area contributed by atoms with Crippen molar-refractivity contribution in [2.24, 2.45) is 0 Å². The van der Waals surface area contributed by atoms with Crippen molar-refractivity contribution in [3.05, 3.63) is 29.8 Å². The van der Waals surface area contributed by atoms with Gasteiger partial charge >= 0.3 is 5.97 Å². The van der Waals surface area contributed by atoms with E-state index in [1.807, 2.05) is 49.9 Å². The predicted molar refractivity (Wildman–Crippen MR) is 85.7 cm³/mol. The van der Waals surface area contributed by atoms with Crippen LogP contribution in [0.3, 0.4) is 0 Å². The summed E-state index contributed by atoms with van der Waals surface area (Å²) in [5.74, 6) is -0.245. The third kappa shape index (κ3) is 4.00. The minimum absolute atomic E-state index is 0.178. The van der Waals surface area contributed by atoms with Crippen LogP contribution < -0.4 is 4.90 Å². The largest absolute Gasteiger partial charge is 0.458 e. The van der Waals surface area contributed by atoms with E-state index < -0.39 is 5.60 Å². The molecule has 0 saturated heterocycles. The van der Waals surface area contributed by atoms with Crippen molar-refractivity contribution in [1.29, 1.82) is 0 Å². The summed E-state index contributed by atoms with van der Waals surface area (Å²) in [6, 6.07) is 7.51. The van der Waals surface area contributed by atoms with Crippen LogP contribution in [0.25, 0.3) is 0 Å². The lowest BCUT2D eigenvalue weighted by atomic mass is 10.1. The molecule has 1 aliphatic rings. The Bertz CT molecular complexity index is 551. The number of benzene rings is 1. The number of para-hydroxylation sites is 1. The second-order valence-electron chi connectivity index (χ2n) is 6.22. The molecule has 0 bridgehead atoms. The van der Waals surface area contributed by atoms with Crippen LogP contribution in [-0.4, -0.2) is 29.3 Å². The van der Waals surface area contributed by atoms with Crippen molar-refractivity contribution in [3.8, 4) is 0 Å². The number of thiol groups is 1. The first kappa shape index (κ1) is 15.9. The number of ether oxygens (including phenoxy) is 1. The molecule has 0 aromatic heterocycles. The van der Waals surface area contributed by atoms with E-state index in [0.29, 0.717) is 19.4 Å². The van der Waals surface area contributed by atoms with E-state index in [1.54, 1.807) is 0 Å². The first-order valence-electron chi connectivity index (χ1n) is 7.07. The highest BCUT2D eigenvalue weighted by Gasteiger charge is 2.36. The van der Waals surface area contributed by atoms with Crippen LogP contribution >= 0.6 is 12.6 Å². The topological polar surface area (TPSA) is 46.6 Å². The van der Waals surface area contributed by atoms with Gasteiger partial charge in [-0.1, -0.05) is 18.2 Å². The average Bonchev–Trinajstić information content (AvgIpc) is 2.73. The molecule has 0 spiro atoms. The summed E-state index contributed by atoms with van der Waals surface area (Å²) in [6.07, 6.45) is 0.919. The van der Waals surface area contributed by atoms with Gasteiger partial charge in [0, 0.05) is 25.1 Å². The normalized spacial score (nSPS) is 17.5. The summed E-state index contributed by atoms with van der Waals surface area (Å²) in [5.41, 5.74) is 1.60. The highest BCUT2D eigenvalue weighted by Crippen LogP contribution is 2.33. The first-order chi connectivity index (χ1) is 9.78. The van der Waals surface area contributed by atoms with E-state index in [4.69, 9.17) is 4.74 Å². The van der Waals surface area contributed by atoms with Crippen molar-refractivity contribution in [2.75, 3.05) is 11.4 Å². The van der Waals surface area contributed by atoms with Crippen LogP contribution in [0.15, 0.2) is 24.3 Å². The molecule has 5 heteroatoms. The smallest absolute Gasteiger partial charge is 0.329 e. The van der Waals surface area contributed by atoms with Gasteiger partial charge in [-0.3, -0.25) is 4.79 Å². The van der Waals surface area contributed by atoms with Gasteiger partial charge in [0.15, 0.2) is 5.12 Å². The van der Waals surface area contributed by atoms with Crippen molar-refractivity contribution in [2.45, 2.75) is 45.3 Å². The molecule has 1 aromatic rings. The second kappa shape index (κ2) is 6.10. The Kier molecular flexibility index (Phi) is 4.61. The molecule has 1 heterocycles. The maximum absolute atomic E-state index is 12.4. The standard InChI is InChI=1S/C16H21NO3S/c1-16(2,3)20-15(19)13-10-11-6-4-5-7-12(11)17(13)9-8-14(18)21/h4-7,13H,8-10H2,1-3H3,(H,18,21). The van der Waals surface area contributed by atoms with Gasteiger partial charge in [0.1, 0.15) is 11.6 Å². The molecule has 21 heavy (non-hydrogen) atoms. The van der Waals surface area contributed by atoms with E-state index in [1.165, 1.54) is 0 Å². The van der Waals surface area contributed by atoms with E-state index in [2.05, 4.69) is 12.6 Å². The Morgan fingerprint density at radius 1 is 1.33 bits per heavy atom. The fourth-order valence-electron chi connectivity index (χ4n) is 2.52. The van der Waals surface area contributed by atoms with Crippen LogP contribution in [0.1, 0.15) is 32.8 Å². The predicted octanol–water partition coefficient (Wildman–Crippen LogP) is 2.61.